The van der Waals surface area contributed by atoms with Crippen LogP contribution < -0.4 is 10.2 Å². The van der Waals surface area contributed by atoms with Gasteiger partial charge in [0.25, 0.3) is 5.91 Å². The summed E-state index contributed by atoms with van der Waals surface area (Å²) in [5.41, 5.74) is 0.397. The highest BCUT2D eigenvalue weighted by Gasteiger charge is 2.18. The number of amides is 1. The quantitative estimate of drug-likeness (QED) is 0.744. The Labute approximate surface area is 125 Å². The monoisotopic (exact) mass is 293 g/mol. The van der Waals surface area contributed by atoms with Gasteiger partial charge >= 0.3 is 0 Å². The van der Waals surface area contributed by atoms with E-state index in [1.807, 2.05) is 0 Å². The van der Waals surface area contributed by atoms with Gasteiger partial charge < -0.3 is 19.9 Å². The van der Waals surface area contributed by atoms with Crippen LogP contribution in [0.4, 0.5) is 5.95 Å². The zero-order valence-corrected chi connectivity index (χ0v) is 12.7. The number of ether oxygens (including phenoxy) is 1. The molecule has 116 valence electrons. The van der Waals surface area contributed by atoms with Crippen LogP contribution in [0.1, 0.15) is 17.4 Å². The summed E-state index contributed by atoms with van der Waals surface area (Å²) < 4.78 is 4.91. The summed E-state index contributed by atoms with van der Waals surface area (Å²) in [6.45, 7) is 7.99. The number of anilines is 1. The summed E-state index contributed by atoms with van der Waals surface area (Å²) in [4.78, 5) is 25.1. The average Bonchev–Trinajstić information content (AvgIpc) is 2.55. The lowest BCUT2D eigenvalue weighted by Crippen LogP contribution is -2.46. The zero-order chi connectivity index (χ0) is 15.1. The molecule has 2 heterocycles. The summed E-state index contributed by atoms with van der Waals surface area (Å²) in [5, 5.41) is 2.77. The Morgan fingerprint density at radius 2 is 2.14 bits per heavy atom. The van der Waals surface area contributed by atoms with Crippen molar-refractivity contribution in [2.24, 2.45) is 0 Å². The highest BCUT2D eigenvalue weighted by molar-refractivity contribution is 5.92. The van der Waals surface area contributed by atoms with E-state index < -0.39 is 0 Å². The molecule has 21 heavy (non-hydrogen) atoms. The lowest BCUT2D eigenvalue weighted by Gasteiger charge is -2.34. The van der Waals surface area contributed by atoms with Crippen molar-refractivity contribution < 1.29 is 9.53 Å². The molecule has 1 aromatic heterocycles. The molecule has 0 radical (unpaired) electrons. The Balaban J connectivity index is 1.96. The second-order valence-corrected chi connectivity index (χ2v) is 4.91. The molecule has 0 bridgehead atoms. The van der Waals surface area contributed by atoms with Crippen LogP contribution in [0.25, 0.3) is 0 Å². The Kier molecular flexibility index (Phi) is 5.89. The van der Waals surface area contributed by atoms with Crippen molar-refractivity contribution in [3.63, 3.8) is 0 Å². The van der Waals surface area contributed by atoms with Gasteiger partial charge in [-0.2, -0.15) is 0 Å². The molecular weight excluding hydrogens is 270 g/mol. The van der Waals surface area contributed by atoms with Crippen LogP contribution in [0.2, 0.25) is 0 Å². The molecule has 2 rings (SSSR count). The second-order valence-electron chi connectivity index (χ2n) is 4.91. The van der Waals surface area contributed by atoms with Crippen LogP contribution in [0, 0.1) is 0 Å². The molecule has 1 fully saturated rings. The number of carbonyl (C=O) groups excluding carboxylic acids is 1. The van der Waals surface area contributed by atoms with Gasteiger partial charge in [-0.1, -0.05) is 6.92 Å². The number of nitrogens with zero attached hydrogens (tertiary/aromatic N) is 4. The first kappa shape index (κ1) is 15.7. The topological polar surface area (TPSA) is 70.6 Å². The fourth-order valence-corrected chi connectivity index (χ4v) is 2.25. The van der Waals surface area contributed by atoms with Gasteiger partial charge in [-0.3, -0.25) is 4.79 Å². The van der Waals surface area contributed by atoms with Crippen LogP contribution in [0.15, 0.2) is 12.3 Å². The maximum atomic E-state index is 12.0. The van der Waals surface area contributed by atoms with E-state index in [4.69, 9.17) is 4.74 Å². The van der Waals surface area contributed by atoms with Crippen LogP contribution in [-0.2, 0) is 4.74 Å². The predicted octanol–water partition coefficient (Wildman–Crippen LogP) is -0.00530. The number of hydrogen-bond donors (Lipinski definition) is 1. The van der Waals surface area contributed by atoms with Crippen molar-refractivity contribution in [2.45, 2.75) is 6.92 Å². The summed E-state index contributed by atoms with van der Waals surface area (Å²) in [7, 11) is 1.60. The molecule has 7 nitrogen and oxygen atoms in total. The largest absolute Gasteiger partial charge is 0.383 e. The van der Waals surface area contributed by atoms with Gasteiger partial charge in [0.1, 0.15) is 5.69 Å². The fraction of sp³-hybridized carbons (Fsp3) is 0.643. The first-order valence-electron chi connectivity index (χ1n) is 7.32. The third-order valence-corrected chi connectivity index (χ3v) is 3.57. The average molecular weight is 293 g/mol. The Hall–Kier alpha value is -1.73. The normalized spacial score (nSPS) is 16.0. The smallest absolute Gasteiger partial charge is 0.270 e. The summed E-state index contributed by atoms with van der Waals surface area (Å²) in [6, 6.07) is 1.63. The molecule has 0 aliphatic carbocycles. The number of hydrogen-bond acceptors (Lipinski definition) is 6. The molecule has 0 aromatic carbocycles. The Bertz CT molecular complexity index is 460. The first-order chi connectivity index (χ1) is 10.2. The van der Waals surface area contributed by atoms with Gasteiger partial charge in [0, 0.05) is 46.0 Å². The predicted molar refractivity (Wildman–Crippen MR) is 80.6 cm³/mol. The van der Waals surface area contributed by atoms with E-state index in [2.05, 4.69) is 32.0 Å². The third-order valence-electron chi connectivity index (χ3n) is 3.57. The number of carbonyl (C=O) groups is 1. The van der Waals surface area contributed by atoms with Crippen LogP contribution in [0.5, 0.6) is 0 Å². The summed E-state index contributed by atoms with van der Waals surface area (Å²) in [5.74, 6) is 0.438. The molecular formula is C14H23N5O2. The Morgan fingerprint density at radius 3 is 2.81 bits per heavy atom. The molecule has 1 saturated heterocycles. The van der Waals surface area contributed by atoms with E-state index in [0.717, 1.165) is 32.7 Å². The molecule has 0 unspecified atom stereocenters. The maximum absolute atomic E-state index is 12.0. The molecule has 1 aliphatic rings. The SMILES string of the molecule is CCN1CCN(c2nccc(C(=O)NCCOC)n2)CC1. The summed E-state index contributed by atoms with van der Waals surface area (Å²) in [6.07, 6.45) is 1.64. The molecule has 0 atom stereocenters. The molecule has 7 heteroatoms. The second kappa shape index (κ2) is 7.90. The minimum Gasteiger partial charge on any atom is -0.383 e. The van der Waals surface area contributed by atoms with Gasteiger partial charge in [0.2, 0.25) is 5.95 Å². The van der Waals surface area contributed by atoms with Gasteiger partial charge in [-0.15, -0.1) is 0 Å². The molecule has 1 aliphatic heterocycles. The van der Waals surface area contributed by atoms with E-state index in [0.29, 0.717) is 24.8 Å². The molecule has 1 amide bonds. The van der Waals surface area contributed by atoms with Crippen LogP contribution >= 0.6 is 0 Å². The number of piperazine rings is 1. The lowest BCUT2D eigenvalue weighted by molar-refractivity contribution is 0.0932. The van der Waals surface area contributed by atoms with Gasteiger partial charge in [0.15, 0.2) is 0 Å². The number of aromatic nitrogens is 2. The Morgan fingerprint density at radius 1 is 1.38 bits per heavy atom. The van der Waals surface area contributed by atoms with E-state index >= 15 is 0 Å². The molecule has 0 saturated carbocycles. The van der Waals surface area contributed by atoms with E-state index in [9.17, 15) is 4.79 Å². The zero-order valence-electron chi connectivity index (χ0n) is 12.7. The van der Waals surface area contributed by atoms with Crippen molar-refractivity contribution in [3.8, 4) is 0 Å². The van der Waals surface area contributed by atoms with Gasteiger partial charge in [-0.25, -0.2) is 9.97 Å². The van der Waals surface area contributed by atoms with Crippen molar-refractivity contribution >= 4 is 11.9 Å². The highest BCUT2D eigenvalue weighted by atomic mass is 16.5. The lowest BCUT2D eigenvalue weighted by atomic mass is 10.3. The molecule has 0 spiro atoms. The van der Waals surface area contributed by atoms with Crippen LogP contribution in [0.3, 0.4) is 0 Å². The van der Waals surface area contributed by atoms with E-state index in [1.165, 1.54) is 0 Å². The number of nitrogens with one attached hydrogen (secondary N) is 1. The van der Waals surface area contributed by atoms with E-state index in [1.54, 1.807) is 19.4 Å². The van der Waals surface area contributed by atoms with Crippen molar-refractivity contribution in [1.29, 1.82) is 0 Å². The van der Waals surface area contributed by atoms with Crippen molar-refractivity contribution in [3.05, 3.63) is 18.0 Å². The van der Waals surface area contributed by atoms with Crippen molar-refractivity contribution in [1.82, 2.24) is 20.2 Å². The fourth-order valence-electron chi connectivity index (χ4n) is 2.25. The number of rotatable bonds is 6. The summed E-state index contributed by atoms with van der Waals surface area (Å²) >= 11 is 0. The minimum atomic E-state index is -0.192. The van der Waals surface area contributed by atoms with Crippen LogP contribution in [-0.4, -0.2) is 73.8 Å². The van der Waals surface area contributed by atoms with Crippen molar-refractivity contribution in [2.75, 3.05) is 57.9 Å². The highest BCUT2D eigenvalue weighted by Crippen LogP contribution is 2.11. The number of methoxy groups -OCH3 is 1. The van der Waals surface area contributed by atoms with Gasteiger partial charge in [0.05, 0.1) is 6.61 Å². The standard InChI is InChI=1S/C14H23N5O2/c1-3-18-7-9-19(10-8-18)14-16-5-4-12(17-14)13(20)15-6-11-21-2/h4-5H,3,6-11H2,1-2H3,(H,15,20). The maximum Gasteiger partial charge on any atom is 0.270 e. The van der Waals surface area contributed by atoms with Gasteiger partial charge in [-0.05, 0) is 12.6 Å². The number of likely N-dealkylation sites (N-methyl/N-ethyl adjacent to an activating group) is 1. The first-order valence-corrected chi connectivity index (χ1v) is 7.32. The minimum absolute atomic E-state index is 0.192. The molecule has 1 N–H and O–H groups in total. The molecule has 1 aromatic rings. The van der Waals surface area contributed by atoms with E-state index in [-0.39, 0.29) is 5.91 Å². The third kappa shape index (κ3) is 4.37.